The zero-order chi connectivity index (χ0) is 16.5. The van der Waals surface area contributed by atoms with Crippen LogP contribution in [0.1, 0.15) is 12.6 Å². The highest BCUT2D eigenvalue weighted by Gasteiger charge is 2.15. The fourth-order valence-electron chi connectivity index (χ4n) is 1.95. The third-order valence-electron chi connectivity index (χ3n) is 3.02. The van der Waals surface area contributed by atoms with Crippen molar-refractivity contribution in [2.75, 3.05) is 38.6 Å². The number of hydrogen-bond acceptors (Lipinski definition) is 8. The summed E-state index contributed by atoms with van der Waals surface area (Å²) in [5.74, 6) is -0.0357. The number of ether oxygens (including phenoxy) is 2. The lowest BCUT2D eigenvalue weighted by Crippen LogP contribution is -2.45. The predicted octanol–water partition coefficient (Wildman–Crippen LogP) is 0.445. The molecule has 2 heterocycles. The quantitative estimate of drug-likeness (QED) is 0.514. The minimum atomic E-state index is -0.284. The molecule has 9 heteroatoms. The topological polar surface area (TPSA) is 89.6 Å². The van der Waals surface area contributed by atoms with Crippen molar-refractivity contribution in [2.45, 2.75) is 23.8 Å². The number of nitrogens with one attached hydrogen (secondary N) is 2. The van der Waals surface area contributed by atoms with Gasteiger partial charge in [-0.3, -0.25) is 9.59 Å². The number of aromatic nitrogens is 1. The van der Waals surface area contributed by atoms with Gasteiger partial charge in [-0.2, -0.15) is 0 Å². The lowest BCUT2D eigenvalue weighted by Gasteiger charge is -2.23. The first-order valence-corrected chi connectivity index (χ1v) is 9.35. The second-order valence-corrected chi connectivity index (χ2v) is 6.96. The van der Waals surface area contributed by atoms with Crippen LogP contribution in [0.3, 0.4) is 0 Å². The standard InChI is InChI=1S/C14H21N3O4S2/c1-2-20-13(19)5-10-8-22-14(17-10)23-9-12(18)16-7-11-6-15-3-4-21-11/h8,11,15H,2-7,9H2,1H3,(H,16,18). The number of esters is 1. The maximum atomic E-state index is 11.8. The van der Waals surface area contributed by atoms with Gasteiger partial charge in [-0.25, -0.2) is 4.98 Å². The third kappa shape index (κ3) is 6.86. The van der Waals surface area contributed by atoms with Crippen molar-refractivity contribution >= 4 is 35.0 Å². The highest BCUT2D eigenvalue weighted by molar-refractivity contribution is 8.01. The van der Waals surface area contributed by atoms with E-state index in [9.17, 15) is 9.59 Å². The molecule has 1 saturated heterocycles. The molecule has 0 bridgehead atoms. The Morgan fingerprint density at radius 3 is 3.22 bits per heavy atom. The van der Waals surface area contributed by atoms with E-state index < -0.39 is 0 Å². The molecule has 1 amide bonds. The first kappa shape index (κ1) is 18.2. The second-order valence-electron chi connectivity index (χ2n) is 4.88. The fraction of sp³-hybridized carbons (Fsp3) is 0.643. The maximum Gasteiger partial charge on any atom is 0.311 e. The van der Waals surface area contributed by atoms with Crippen LogP contribution in [0.15, 0.2) is 9.72 Å². The van der Waals surface area contributed by atoms with Gasteiger partial charge < -0.3 is 20.1 Å². The molecule has 0 spiro atoms. The Labute approximate surface area is 143 Å². The molecule has 2 rings (SSSR count). The van der Waals surface area contributed by atoms with Crippen molar-refractivity contribution < 1.29 is 19.1 Å². The van der Waals surface area contributed by atoms with E-state index in [0.29, 0.717) is 31.2 Å². The van der Waals surface area contributed by atoms with Gasteiger partial charge >= 0.3 is 5.97 Å². The molecule has 7 nitrogen and oxygen atoms in total. The van der Waals surface area contributed by atoms with Crippen molar-refractivity contribution in [3.63, 3.8) is 0 Å². The number of carbonyl (C=O) groups excluding carboxylic acids is 2. The van der Waals surface area contributed by atoms with E-state index in [1.807, 2.05) is 5.38 Å². The number of hydrogen-bond donors (Lipinski definition) is 2. The molecule has 1 aliphatic rings. The maximum absolute atomic E-state index is 11.8. The average molecular weight is 359 g/mol. The van der Waals surface area contributed by atoms with Gasteiger partial charge in [-0.15, -0.1) is 11.3 Å². The number of thioether (sulfide) groups is 1. The van der Waals surface area contributed by atoms with E-state index in [-0.39, 0.29) is 24.4 Å². The SMILES string of the molecule is CCOC(=O)Cc1csc(SCC(=O)NCC2CNCCO2)n1. The van der Waals surface area contributed by atoms with Crippen molar-refractivity contribution in [3.8, 4) is 0 Å². The van der Waals surface area contributed by atoms with E-state index >= 15 is 0 Å². The van der Waals surface area contributed by atoms with Crippen LogP contribution in [0.25, 0.3) is 0 Å². The zero-order valence-electron chi connectivity index (χ0n) is 13.0. The molecular weight excluding hydrogens is 338 g/mol. The number of nitrogens with zero attached hydrogens (tertiary/aromatic N) is 1. The summed E-state index contributed by atoms with van der Waals surface area (Å²) in [6.07, 6.45) is 0.206. The molecule has 1 aliphatic heterocycles. The van der Waals surface area contributed by atoms with Crippen LogP contribution in [0.4, 0.5) is 0 Å². The molecule has 0 radical (unpaired) electrons. The molecule has 1 unspecified atom stereocenters. The Bertz CT molecular complexity index is 518. The van der Waals surface area contributed by atoms with Gasteiger partial charge in [0.1, 0.15) is 0 Å². The monoisotopic (exact) mass is 359 g/mol. The summed E-state index contributed by atoms with van der Waals surface area (Å²) >= 11 is 2.79. The molecule has 0 aromatic carbocycles. The highest BCUT2D eigenvalue weighted by atomic mass is 32.2. The number of carbonyl (C=O) groups is 2. The fourth-order valence-corrected chi connectivity index (χ4v) is 3.63. The zero-order valence-corrected chi connectivity index (χ0v) is 14.6. The number of amides is 1. The van der Waals surface area contributed by atoms with Gasteiger partial charge in [0.25, 0.3) is 0 Å². The third-order valence-corrected chi connectivity index (χ3v) is 5.09. The summed E-state index contributed by atoms with van der Waals surface area (Å²) in [5.41, 5.74) is 0.679. The van der Waals surface area contributed by atoms with Gasteiger partial charge in [0, 0.05) is 25.0 Å². The number of morpholine rings is 1. The van der Waals surface area contributed by atoms with E-state index in [0.717, 1.165) is 17.4 Å². The molecule has 0 saturated carbocycles. The molecule has 1 fully saturated rings. The lowest BCUT2D eigenvalue weighted by atomic mass is 10.3. The Morgan fingerprint density at radius 1 is 1.61 bits per heavy atom. The summed E-state index contributed by atoms with van der Waals surface area (Å²) in [6, 6.07) is 0. The van der Waals surface area contributed by atoms with Crippen LogP contribution >= 0.6 is 23.1 Å². The molecule has 0 aliphatic carbocycles. The summed E-state index contributed by atoms with van der Waals surface area (Å²) in [5, 5.41) is 7.89. The Kier molecular flexibility index (Phi) is 7.80. The van der Waals surface area contributed by atoms with E-state index in [4.69, 9.17) is 9.47 Å². The lowest BCUT2D eigenvalue weighted by molar-refractivity contribution is -0.142. The predicted molar refractivity (Wildman–Crippen MR) is 88.8 cm³/mol. The Morgan fingerprint density at radius 2 is 2.48 bits per heavy atom. The van der Waals surface area contributed by atoms with E-state index in [1.54, 1.807) is 6.92 Å². The smallest absolute Gasteiger partial charge is 0.311 e. The Hall–Kier alpha value is -1.16. The van der Waals surface area contributed by atoms with Crippen LogP contribution in [-0.4, -0.2) is 61.6 Å². The molecule has 128 valence electrons. The van der Waals surface area contributed by atoms with E-state index in [2.05, 4.69) is 15.6 Å². The summed E-state index contributed by atoms with van der Waals surface area (Å²) in [7, 11) is 0. The minimum absolute atomic E-state index is 0.0359. The molecule has 1 atom stereocenters. The highest BCUT2D eigenvalue weighted by Crippen LogP contribution is 2.22. The molecule has 2 N–H and O–H groups in total. The summed E-state index contributed by atoms with van der Waals surface area (Å²) in [6.45, 7) is 4.95. The van der Waals surface area contributed by atoms with Crippen LogP contribution in [0.2, 0.25) is 0 Å². The first-order valence-electron chi connectivity index (χ1n) is 7.49. The number of rotatable bonds is 8. The minimum Gasteiger partial charge on any atom is -0.466 e. The molecule has 1 aromatic heterocycles. The normalized spacial score (nSPS) is 17.7. The van der Waals surface area contributed by atoms with Crippen molar-refractivity contribution in [3.05, 3.63) is 11.1 Å². The van der Waals surface area contributed by atoms with Crippen molar-refractivity contribution in [1.82, 2.24) is 15.6 Å². The molecular formula is C14H21N3O4S2. The van der Waals surface area contributed by atoms with Crippen LogP contribution in [-0.2, 0) is 25.5 Å². The first-order chi connectivity index (χ1) is 11.2. The van der Waals surface area contributed by atoms with Crippen molar-refractivity contribution in [1.29, 1.82) is 0 Å². The largest absolute Gasteiger partial charge is 0.466 e. The van der Waals surface area contributed by atoms with Gasteiger partial charge in [0.05, 0.1) is 37.2 Å². The van der Waals surface area contributed by atoms with Gasteiger partial charge in [0.2, 0.25) is 5.91 Å². The van der Waals surface area contributed by atoms with Crippen LogP contribution in [0.5, 0.6) is 0 Å². The average Bonchev–Trinajstić information content (AvgIpc) is 2.99. The van der Waals surface area contributed by atoms with Crippen molar-refractivity contribution in [2.24, 2.45) is 0 Å². The van der Waals surface area contributed by atoms with Gasteiger partial charge in [-0.05, 0) is 6.92 Å². The molecule has 23 heavy (non-hydrogen) atoms. The Balaban J connectivity index is 1.65. The van der Waals surface area contributed by atoms with Crippen LogP contribution < -0.4 is 10.6 Å². The van der Waals surface area contributed by atoms with Gasteiger partial charge in [-0.1, -0.05) is 11.8 Å². The van der Waals surface area contributed by atoms with Crippen LogP contribution in [0, 0.1) is 0 Å². The number of thiazole rings is 1. The van der Waals surface area contributed by atoms with E-state index in [1.165, 1.54) is 23.1 Å². The van der Waals surface area contributed by atoms with Gasteiger partial charge in [0.15, 0.2) is 4.34 Å². The molecule has 1 aromatic rings. The second kappa shape index (κ2) is 9.86. The summed E-state index contributed by atoms with van der Waals surface area (Å²) < 4.78 is 11.2. The summed E-state index contributed by atoms with van der Waals surface area (Å²) in [4.78, 5) is 27.5.